The standard InChI is InChI=1S/C13H21NO2/c1-10-6-7-12(16-10)9-14-8-11-4-2-3-5-13(11)15/h6-7,11,13-15H,2-5,8-9H2,1H3. The van der Waals surface area contributed by atoms with Crippen LogP contribution in [0.1, 0.15) is 37.2 Å². The molecule has 1 fully saturated rings. The lowest BCUT2D eigenvalue weighted by atomic mass is 9.86. The molecule has 1 aromatic heterocycles. The van der Waals surface area contributed by atoms with Crippen molar-refractivity contribution in [3.05, 3.63) is 23.7 Å². The van der Waals surface area contributed by atoms with Crippen molar-refractivity contribution in [2.75, 3.05) is 6.54 Å². The fraction of sp³-hybridized carbons (Fsp3) is 0.692. The second kappa shape index (κ2) is 5.51. The molecule has 0 spiro atoms. The summed E-state index contributed by atoms with van der Waals surface area (Å²) in [6, 6.07) is 3.98. The Bertz CT molecular complexity index is 321. The molecule has 2 N–H and O–H groups in total. The number of furan rings is 1. The van der Waals surface area contributed by atoms with Crippen molar-refractivity contribution in [3.8, 4) is 0 Å². The molecule has 16 heavy (non-hydrogen) atoms. The predicted octanol–water partition coefficient (Wildman–Crippen LogP) is 2.23. The zero-order valence-corrected chi connectivity index (χ0v) is 9.91. The zero-order chi connectivity index (χ0) is 11.4. The van der Waals surface area contributed by atoms with Gasteiger partial charge in [0, 0.05) is 6.54 Å². The van der Waals surface area contributed by atoms with Crippen LogP contribution >= 0.6 is 0 Å². The number of aliphatic hydroxyl groups is 1. The minimum Gasteiger partial charge on any atom is -0.465 e. The number of rotatable bonds is 4. The van der Waals surface area contributed by atoms with Gasteiger partial charge in [-0.25, -0.2) is 0 Å². The van der Waals surface area contributed by atoms with Gasteiger partial charge < -0.3 is 14.8 Å². The Labute approximate surface area is 96.8 Å². The fourth-order valence-corrected chi connectivity index (χ4v) is 2.39. The van der Waals surface area contributed by atoms with Crippen LogP contribution in [0.3, 0.4) is 0 Å². The molecular weight excluding hydrogens is 202 g/mol. The molecule has 0 amide bonds. The molecule has 0 bridgehead atoms. The quantitative estimate of drug-likeness (QED) is 0.822. The van der Waals surface area contributed by atoms with Crippen LogP contribution in [0.4, 0.5) is 0 Å². The van der Waals surface area contributed by atoms with E-state index in [1.54, 1.807) is 0 Å². The van der Waals surface area contributed by atoms with Crippen molar-refractivity contribution >= 4 is 0 Å². The summed E-state index contributed by atoms with van der Waals surface area (Å²) in [7, 11) is 0. The normalized spacial score (nSPS) is 25.9. The van der Waals surface area contributed by atoms with Gasteiger partial charge in [-0.05, 0) is 37.8 Å². The second-order valence-electron chi connectivity index (χ2n) is 4.76. The Morgan fingerprint density at radius 3 is 2.88 bits per heavy atom. The summed E-state index contributed by atoms with van der Waals surface area (Å²) in [6.45, 7) is 3.60. The monoisotopic (exact) mass is 223 g/mol. The van der Waals surface area contributed by atoms with E-state index in [4.69, 9.17) is 4.42 Å². The topological polar surface area (TPSA) is 45.4 Å². The van der Waals surface area contributed by atoms with Crippen LogP contribution in [0.2, 0.25) is 0 Å². The van der Waals surface area contributed by atoms with Gasteiger partial charge in [-0.15, -0.1) is 0 Å². The smallest absolute Gasteiger partial charge is 0.117 e. The summed E-state index contributed by atoms with van der Waals surface area (Å²) >= 11 is 0. The molecular formula is C13H21NO2. The van der Waals surface area contributed by atoms with Gasteiger partial charge in [-0.1, -0.05) is 12.8 Å². The molecule has 0 saturated heterocycles. The van der Waals surface area contributed by atoms with E-state index in [1.807, 2.05) is 19.1 Å². The summed E-state index contributed by atoms with van der Waals surface area (Å²) in [4.78, 5) is 0. The largest absolute Gasteiger partial charge is 0.465 e. The lowest BCUT2D eigenvalue weighted by Crippen LogP contribution is -2.33. The molecule has 90 valence electrons. The van der Waals surface area contributed by atoms with Gasteiger partial charge in [0.15, 0.2) is 0 Å². The van der Waals surface area contributed by atoms with Gasteiger partial charge in [0.05, 0.1) is 12.6 Å². The van der Waals surface area contributed by atoms with E-state index < -0.39 is 0 Å². The van der Waals surface area contributed by atoms with Crippen LogP contribution in [0, 0.1) is 12.8 Å². The van der Waals surface area contributed by atoms with E-state index in [1.165, 1.54) is 12.8 Å². The second-order valence-corrected chi connectivity index (χ2v) is 4.76. The van der Waals surface area contributed by atoms with Crippen molar-refractivity contribution < 1.29 is 9.52 Å². The molecule has 1 aliphatic carbocycles. The van der Waals surface area contributed by atoms with Crippen LogP contribution in [0.5, 0.6) is 0 Å². The van der Waals surface area contributed by atoms with E-state index in [-0.39, 0.29) is 6.10 Å². The number of hydrogen-bond donors (Lipinski definition) is 2. The van der Waals surface area contributed by atoms with Gasteiger partial charge in [-0.3, -0.25) is 0 Å². The summed E-state index contributed by atoms with van der Waals surface area (Å²) < 4.78 is 5.47. The first kappa shape index (κ1) is 11.7. The highest BCUT2D eigenvalue weighted by molar-refractivity contribution is 5.05. The third kappa shape index (κ3) is 3.09. The summed E-state index contributed by atoms with van der Waals surface area (Å²) in [5, 5.41) is 13.2. The summed E-state index contributed by atoms with van der Waals surface area (Å²) in [5.41, 5.74) is 0. The van der Waals surface area contributed by atoms with Crippen LogP contribution in [-0.4, -0.2) is 17.8 Å². The van der Waals surface area contributed by atoms with Crippen molar-refractivity contribution in [1.29, 1.82) is 0 Å². The maximum atomic E-state index is 9.81. The van der Waals surface area contributed by atoms with Crippen molar-refractivity contribution in [2.45, 2.75) is 45.3 Å². The minimum atomic E-state index is -0.111. The molecule has 1 saturated carbocycles. The molecule has 3 nitrogen and oxygen atoms in total. The lowest BCUT2D eigenvalue weighted by Gasteiger charge is -2.27. The average molecular weight is 223 g/mol. The van der Waals surface area contributed by atoms with Gasteiger partial charge in [0.25, 0.3) is 0 Å². The number of aryl methyl sites for hydroxylation is 1. The fourth-order valence-electron chi connectivity index (χ4n) is 2.39. The number of aliphatic hydroxyl groups excluding tert-OH is 1. The molecule has 0 aromatic carbocycles. The first-order valence-corrected chi connectivity index (χ1v) is 6.20. The third-order valence-corrected chi connectivity index (χ3v) is 3.37. The van der Waals surface area contributed by atoms with Crippen molar-refractivity contribution in [1.82, 2.24) is 5.32 Å². The van der Waals surface area contributed by atoms with E-state index in [0.29, 0.717) is 5.92 Å². The lowest BCUT2D eigenvalue weighted by molar-refractivity contribution is 0.0692. The van der Waals surface area contributed by atoms with Gasteiger partial charge in [0.2, 0.25) is 0 Å². The number of nitrogens with one attached hydrogen (secondary N) is 1. The predicted molar refractivity (Wildman–Crippen MR) is 63.1 cm³/mol. The Morgan fingerprint density at radius 1 is 1.38 bits per heavy atom. The van der Waals surface area contributed by atoms with E-state index >= 15 is 0 Å². The van der Waals surface area contributed by atoms with Crippen molar-refractivity contribution in [2.24, 2.45) is 5.92 Å². The first-order valence-electron chi connectivity index (χ1n) is 6.20. The average Bonchev–Trinajstić information content (AvgIpc) is 2.67. The molecule has 2 rings (SSSR count). The molecule has 0 radical (unpaired) electrons. The molecule has 1 heterocycles. The van der Waals surface area contributed by atoms with Gasteiger partial charge >= 0.3 is 0 Å². The van der Waals surface area contributed by atoms with Gasteiger partial charge in [-0.2, -0.15) is 0 Å². The third-order valence-electron chi connectivity index (χ3n) is 3.37. The molecule has 0 aliphatic heterocycles. The summed E-state index contributed by atoms with van der Waals surface area (Å²) in [6.07, 6.45) is 4.43. The van der Waals surface area contributed by atoms with E-state index in [0.717, 1.165) is 37.5 Å². The van der Waals surface area contributed by atoms with Crippen LogP contribution in [-0.2, 0) is 6.54 Å². The molecule has 1 aliphatic rings. The molecule has 2 unspecified atom stereocenters. The summed E-state index contributed by atoms with van der Waals surface area (Å²) in [5.74, 6) is 2.35. The Morgan fingerprint density at radius 2 is 2.19 bits per heavy atom. The number of hydrogen-bond acceptors (Lipinski definition) is 3. The van der Waals surface area contributed by atoms with E-state index in [2.05, 4.69) is 5.32 Å². The van der Waals surface area contributed by atoms with E-state index in [9.17, 15) is 5.11 Å². The first-order chi connectivity index (χ1) is 7.75. The highest BCUT2D eigenvalue weighted by atomic mass is 16.3. The Hall–Kier alpha value is -0.800. The zero-order valence-electron chi connectivity index (χ0n) is 9.91. The Kier molecular flexibility index (Phi) is 4.02. The highest BCUT2D eigenvalue weighted by Crippen LogP contribution is 2.23. The Balaban J connectivity index is 1.71. The van der Waals surface area contributed by atoms with Crippen LogP contribution in [0.25, 0.3) is 0 Å². The molecule has 3 heteroatoms. The maximum absolute atomic E-state index is 9.81. The molecule has 2 atom stereocenters. The highest BCUT2D eigenvalue weighted by Gasteiger charge is 2.22. The van der Waals surface area contributed by atoms with Crippen LogP contribution in [0.15, 0.2) is 16.5 Å². The SMILES string of the molecule is Cc1ccc(CNCC2CCCCC2O)o1. The van der Waals surface area contributed by atoms with Crippen molar-refractivity contribution in [3.63, 3.8) is 0 Å². The van der Waals surface area contributed by atoms with Crippen LogP contribution < -0.4 is 5.32 Å². The molecule has 1 aromatic rings. The maximum Gasteiger partial charge on any atom is 0.117 e. The van der Waals surface area contributed by atoms with Gasteiger partial charge in [0.1, 0.15) is 11.5 Å². The minimum absolute atomic E-state index is 0.111.